The molecule has 66 valence electrons. The van der Waals surface area contributed by atoms with Gasteiger partial charge in [0.2, 0.25) is 0 Å². The van der Waals surface area contributed by atoms with Gasteiger partial charge in [0.25, 0.3) is 0 Å². The Kier molecular flexibility index (Phi) is 2.68. The average Bonchev–Trinajstić information content (AvgIpc) is 2.08. The van der Waals surface area contributed by atoms with E-state index in [9.17, 15) is 5.11 Å². The molecule has 3 heteroatoms. The van der Waals surface area contributed by atoms with Crippen molar-refractivity contribution in [1.29, 1.82) is 0 Å². The average molecular weight is 167 g/mol. The first-order valence-electron chi connectivity index (χ1n) is 3.81. The van der Waals surface area contributed by atoms with Gasteiger partial charge in [-0.3, -0.25) is 0 Å². The molecule has 0 aliphatic carbocycles. The van der Waals surface area contributed by atoms with Crippen molar-refractivity contribution < 1.29 is 10.2 Å². The molecule has 1 aromatic carbocycles. The van der Waals surface area contributed by atoms with Crippen LogP contribution < -0.4 is 5.73 Å². The minimum atomic E-state index is -0.357. The van der Waals surface area contributed by atoms with Crippen LogP contribution in [0, 0.1) is 6.92 Å². The quantitative estimate of drug-likeness (QED) is 0.607. The summed E-state index contributed by atoms with van der Waals surface area (Å²) in [5, 5.41) is 18.0. The number of benzene rings is 1. The molecule has 0 radical (unpaired) electrons. The second-order valence-electron chi connectivity index (χ2n) is 2.83. The first kappa shape index (κ1) is 9.03. The standard InChI is InChI=1S/C9H13NO2/c1-6-4-7(8(10)5-11)2-3-9(6)12/h2-4,8,11-12H,5,10H2,1H3/t8-/m1/s1. The van der Waals surface area contributed by atoms with Crippen molar-refractivity contribution in [2.24, 2.45) is 5.73 Å². The van der Waals surface area contributed by atoms with Crippen LogP contribution in [0.1, 0.15) is 17.2 Å². The number of rotatable bonds is 2. The summed E-state index contributed by atoms with van der Waals surface area (Å²) in [7, 11) is 0. The second-order valence-corrected chi connectivity index (χ2v) is 2.83. The molecule has 0 saturated heterocycles. The molecule has 0 spiro atoms. The smallest absolute Gasteiger partial charge is 0.118 e. The SMILES string of the molecule is Cc1cc([C@H](N)CO)ccc1O. The molecule has 1 atom stereocenters. The highest BCUT2D eigenvalue weighted by atomic mass is 16.3. The van der Waals surface area contributed by atoms with E-state index in [1.165, 1.54) is 0 Å². The van der Waals surface area contributed by atoms with Gasteiger partial charge < -0.3 is 15.9 Å². The summed E-state index contributed by atoms with van der Waals surface area (Å²) in [6, 6.07) is 4.71. The van der Waals surface area contributed by atoms with Crippen LogP contribution in [0.15, 0.2) is 18.2 Å². The molecule has 1 aromatic rings. The van der Waals surface area contributed by atoms with Crippen molar-refractivity contribution in [2.75, 3.05) is 6.61 Å². The van der Waals surface area contributed by atoms with Crippen LogP contribution in [0.2, 0.25) is 0 Å². The highest BCUT2D eigenvalue weighted by Crippen LogP contribution is 2.19. The molecule has 0 aromatic heterocycles. The lowest BCUT2D eigenvalue weighted by molar-refractivity contribution is 0.268. The van der Waals surface area contributed by atoms with Gasteiger partial charge in [-0.25, -0.2) is 0 Å². The fraction of sp³-hybridized carbons (Fsp3) is 0.333. The van der Waals surface area contributed by atoms with E-state index in [-0.39, 0.29) is 18.4 Å². The number of aromatic hydroxyl groups is 1. The maximum atomic E-state index is 9.19. The van der Waals surface area contributed by atoms with Gasteiger partial charge in [0, 0.05) is 0 Å². The monoisotopic (exact) mass is 167 g/mol. The summed E-state index contributed by atoms with van der Waals surface area (Å²) >= 11 is 0. The number of nitrogens with two attached hydrogens (primary N) is 1. The lowest BCUT2D eigenvalue weighted by Crippen LogP contribution is -2.14. The van der Waals surface area contributed by atoms with Gasteiger partial charge in [0.15, 0.2) is 0 Å². The zero-order valence-corrected chi connectivity index (χ0v) is 6.99. The second kappa shape index (κ2) is 3.56. The largest absolute Gasteiger partial charge is 0.508 e. The minimum absolute atomic E-state index is 0.0792. The number of aryl methyl sites for hydroxylation is 1. The van der Waals surface area contributed by atoms with Crippen LogP contribution in [0.5, 0.6) is 5.75 Å². The number of phenols is 1. The summed E-state index contributed by atoms with van der Waals surface area (Å²) in [5.74, 6) is 0.254. The van der Waals surface area contributed by atoms with Gasteiger partial charge in [-0.1, -0.05) is 12.1 Å². The van der Waals surface area contributed by atoms with E-state index in [0.29, 0.717) is 0 Å². The maximum absolute atomic E-state index is 9.19. The Bertz CT molecular complexity index is 273. The summed E-state index contributed by atoms with van der Waals surface area (Å²) in [5.41, 5.74) is 7.20. The fourth-order valence-corrected chi connectivity index (χ4v) is 1.01. The molecule has 3 nitrogen and oxygen atoms in total. The Morgan fingerprint density at radius 2 is 2.17 bits per heavy atom. The van der Waals surface area contributed by atoms with Crippen molar-refractivity contribution in [3.05, 3.63) is 29.3 Å². The Labute approximate surface area is 71.5 Å². The van der Waals surface area contributed by atoms with Gasteiger partial charge in [0.05, 0.1) is 12.6 Å². The molecular weight excluding hydrogens is 154 g/mol. The van der Waals surface area contributed by atoms with E-state index in [1.54, 1.807) is 25.1 Å². The Balaban J connectivity index is 2.96. The molecule has 0 aliphatic heterocycles. The van der Waals surface area contributed by atoms with Crippen LogP contribution >= 0.6 is 0 Å². The van der Waals surface area contributed by atoms with E-state index in [4.69, 9.17) is 10.8 Å². The topological polar surface area (TPSA) is 66.5 Å². The zero-order chi connectivity index (χ0) is 9.14. The first-order chi connectivity index (χ1) is 5.65. The van der Waals surface area contributed by atoms with Crippen molar-refractivity contribution in [1.82, 2.24) is 0 Å². The van der Waals surface area contributed by atoms with Crippen molar-refractivity contribution >= 4 is 0 Å². The fourth-order valence-electron chi connectivity index (χ4n) is 1.01. The predicted octanol–water partition coefficient (Wildman–Crippen LogP) is 0.693. The molecular formula is C9H13NO2. The maximum Gasteiger partial charge on any atom is 0.118 e. The van der Waals surface area contributed by atoms with Crippen molar-refractivity contribution in [3.8, 4) is 5.75 Å². The van der Waals surface area contributed by atoms with Crippen molar-refractivity contribution in [3.63, 3.8) is 0 Å². The van der Waals surface area contributed by atoms with Gasteiger partial charge in [-0.15, -0.1) is 0 Å². The van der Waals surface area contributed by atoms with Crippen LogP contribution in [0.4, 0.5) is 0 Å². The molecule has 0 saturated carbocycles. The highest BCUT2D eigenvalue weighted by molar-refractivity contribution is 5.36. The molecule has 0 fully saturated rings. The van der Waals surface area contributed by atoms with E-state index in [2.05, 4.69) is 0 Å². The van der Waals surface area contributed by atoms with Gasteiger partial charge in [0.1, 0.15) is 5.75 Å². The van der Waals surface area contributed by atoms with Crippen LogP contribution in [-0.2, 0) is 0 Å². The number of phenolic OH excluding ortho intramolecular Hbond substituents is 1. The normalized spacial score (nSPS) is 12.9. The number of aliphatic hydroxyl groups excluding tert-OH is 1. The Hall–Kier alpha value is -1.06. The number of aliphatic hydroxyl groups is 1. The lowest BCUT2D eigenvalue weighted by atomic mass is 10.1. The molecule has 0 bridgehead atoms. The zero-order valence-electron chi connectivity index (χ0n) is 6.99. The minimum Gasteiger partial charge on any atom is -0.508 e. The van der Waals surface area contributed by atoms with Gasteiger partial charge in [-0.05, 0) is 24.1 Å². The molecule has 1 rings (SSSR count). The van der Waals surface area contributed by atoms with E-state index in [1.807, 2.05) is 0 Å². The van der Waals surface area contributed by atoms with E-state index >= 15 is 0 Å². The summed E-state index contributed by atoms with van der Waals surface area (Å²) in [4.78, 5) is 0. The van der Waals surface area contributed by atoms with E-state index in [0.717, 1.165) is 11.1 Å². The van der Waals surface area contributed by atoms with Gasteiger partial charge in [-0.2, -0.15) is 0 Å². The Morgan fingerprint density at radius 1 is 1.50 bits per heavy atom. The van der Waals surface area contributed by atoms with E-state index < -0.39 is 0 Å². The van der Waals surface area contributed by atoms with Crippen LogP contribution in [-0.4, -0.2) is 16.8 Å². The van der Waals surface area contributed by atoms with Crippen molar-refractivity contribution in [2.45, 2.75) is 13.0 Å². The summed E-state index contributed by atoms with van der Waals surface area (Å²) in [6.07, 6.45) is 0. The molecule has 12 heavy (non-hydrogen) atoms. The Morgan fingerprint density at radius 3 is 2.67 bits per heavy atom. The highest BCUT2D eigenvalue weighted by Gasteiger charge is 2.05. The number of hydrogen-bond acceptors (Lipinski definition) is 3. The number of hydrogen-bond donors (Lipinski definition) is 3. The molecule has 0 unspecified atom stereocenters. The third-order valence-corrected chi connectivity index (χ3v) is 1.85. The summed E-state index contributed by atoms with van der Waals surface area (Å²) in [6.45, 7) is 1.72. The van der Waals surface area contributed by atoms with Crippen LogP contribution in [0.25, 0.3) is 0 Å². The lowest BCUT2D eigenvalue weighted by Gasteiger charge is -2.09. The molecule has 4 N–H and O–H groups in total. The predicted molar refractivity (Wildman–Crippen MR) is 46.9 cm³/mol. The van der Waals surface area contributed by atoms with Crippen LogP contribution in [0.3, 0.4) is 0 Å². The summed E-state index contributed by atoms with van der Waals surface area (Å²) < 4.78 is 0. The first-order valence-corrected chi connectivity index (χ1v) is 3.81. The third kappa shape index (κ3) is 1.75. The third-order valence-electron chi connectivity index (χ3n) is 1.85. The molecule has 0 aliphatic rings. The molecule has 0 amide bonds. The van der Waals surface area contributed by atoms with Gasteiger partial charge >= 0.3 is 0 Å². The molecule has 0 heterocycles.